The summed E-state index contributed by atoms with van der Waals surface area (Å²) in [7, 11) is -2.31. The molecule has 0 fully saturated rings. The van der Waals surface area contributed by atoms with Crippen LogP contribution in [0.1, 0.15) is 5.56 Å². The standard InChI is InChI=1S/C12H11ClF3N3O3S/c1-19-11(23(2,20)21)9(13)10(18-19)22-6-3-4-7(8(17)5-6)12(14,15)16/h3-5H,17H2,1-2H3. The number of alkyl halides is 3. The summed E-state index contributed by atoms with van der Waals surface area (Å²) in [5.41, 5.74) is 3.81. The van der Waals surface area contributed by atoms with Crippen LogP contribution in [0.15, 0.2) is 23.2 Å². The Kier molecular flexibility index (Phi) is 4.24. The smallest absolute Gasteiger partial charge is 0.418 e. The Morgan fingerprint density at radius 2 is 1.96 bits per heavy atom. The van der Waals surface area contributed by atoms with Crippen LogP contribution in [0.3, 0.4) is 0 Å². The van der Waals surface area contributed by atoms with Crippen molar-refractivity contribution in [1.29, 1.82) is 0 Å². The molecular formula is C12H11ClF3N3O3S. The molecule has 1 aromatic heterocycles. The summed E-state index contributed by atoms with van der Waals surface area (Å²) in [5, 5.41) is 3.25. The minimum atomic E-state index is -4.59. The van der Waals surface area contributed by atoms with Gasteiger partial charge in [-0.25, -0.2) is 8.42 Å². The number of nitrogens with two attached hydrogens (primary N) is 1. The Bertz CT molecular complexity index is 862. The number of ether oxygens (including phenoxy) is 1. The molecular weight excluding hydrogens is 359 g/mol. The lowest BCUT2D eigenvalue weighted by molar-refractivity contribution is -0.136. The van der Waals surface area contributed by atoms with Gasteiger partial charge in [-0.2, -0.15) is 13.2 Å². The van der Waals surface area contributed by atoms with Crippen molar-refractivity contribution in [2.75, 3.05) is 12.0 Å². The first-order valence-corrected chi connectivity index (χ1v) is 8.25. The molecule has 11 heteroatoms. The molecule has 1 aromatic carbocycles. The number of rotatable bonds is 3. The first kappa shape index (κ1) is 17.4. The van der Waals surface area contributed by atoms with Crippen molar-refractivity contribution < 1.29 is 26.3 Å². The second kappa shape index (κ2) is 5.60. The van der Waals surface area contributed by atoms with Crippen LogP contribution in [-0.2, 0) is 23.1 Å². The lowest BCUT2D eigenvalue weighted by Crippen LogP contribution is -2.08. The average molecular weight is 370 g/mol. The van der Waals surface area contributed by atoms with Crippen LogP contribution in [0.5, 0.6) is 11.6 Å². The number of hydrogen-bond acceptors (Lipinski definition) is 5. The first-order valence-electron chi connectivity index (χ1n) is 5.98. The molecule has 0 bridgehead atoms. The monoisotopic (exact) mass is 369 g/mol. The van der Waals surface area contributed by atoms with Crippen LogP contribution in [0.25, 0.3) is 0 Å². The average Bonchev–Trinajstić information content (AvgIpc) is 2.62. The molecule has 0 saturated heterocycles. The maximum Gasteiger partial charge on any atom is 0.418 e. The second-order valence-electron chi connectivity index (χ2n) is 4.67. The van der Waals surface area contributed by atoms with Gasteiger partial charge in [0.05, 0.1) is 5.56 Å². The van der Waals surface area contributed by atoms with Crippen molar-refractivity contribution >= 4 is 27.1 Å². The highest BCUT2D eigenvalue weighted by atomic mass is 35.5. The van der Waals surface area contributed by atoms with E-state index >= 15 is 0 Å². The zero-order chi connectivity index (χ0) is 17.6. The van der Waals surface area contributed by atoms with E-state index in [0.717, 1.165) is 29.1 Å². The molecule has 0 amide bonds. The van der Waals surface area contributed by atoms with E-state index < -0.39 is 27.3 Å². The molecule has 0 radical (unpaired) electrons. The van der Waals surface area contributed by atoms with E-state index in [1.807, 2.05) is 0 Å². The van der Waals surface area contributed by atoms with Crippen LogP contribution in [0, 0.1) is 0 Å². The molecule has 1 heterocycles. The molecule has 0 unspecified atom stereocenters. The number of sulfone groups is 1. The molecule has 0 atom stereocenters. The fourth-order valence-corrected chi connectivity index (χ4v) is 3.45. The minimum Gasteiger partial charge on any atom is -0.436 e. The number of aryl methyl sites for hydroxylation is 1. The van der Waals surface area contributed by atoms with Gasteiger partial charge in [-0.1, -0.05) is 11.6 Å². The summed E-state index contributed by atoms with van der Waals surface area (Å²) in [5.74, 6) is -0.315. The zero-order valence-corrected chi connectivity index (χ0v) is 13.4. The number of nitrogen functional groups attached to an aromatic ring is 1. The third-order valence-electron chi connectivity index (χ3n) is 2.80. The topological polar surface area (TPSA) is 87.2 Å². The Morgan fingerprint density at radius 3 is 2.39 bits per heavy atom. The maximum atomic E-state index is 12.6. The van der Waals surface area contributed by atoms with Crippen LogP contribution < -0.4 is 10.5 Å². The highest BCUT2D eigenvalue weighted by Gasteiger charge is 2.33. The summed E-state index contributed by atoms with van der Waals surface area (Å²) in [6, 6.07) is 2.73. The molecule has 0 aliphatic rings. The van der Waals surface area contributed by atoms with Crippen LogP contribution in [0.2, 0.25) is 5.02 Å². The molecule has 126 valence electrons. The van der Waals surface area contributed by atoms with Crippen molar-refractivity contribution in [3.05, 3.63) is 28.8 Å². The predicted octanol–water partition coefficient (Wildman–Crippen LogP) is 2.87. The number of halogens is 4. The summed E-state index contributed by atoms with van der Waals surface area (Å²) in [6.07, 6.45) is -3.65. The fourth-order valence-electron chi connectivity index (χ4n) is 1.90. The summed E-state index contributed by atoms with van der Waals surface area (Å²) >= 11 is 5.91. The van der Waals surface area contributed by atoms with Crippen molar-refractivity contribution in [3.8, 4) is 11.6 Å². The van der Waals surface area contributed by atoms with E-state index in [0.29, 0.717) is 0 Å². The molecule has 2 N–H and O–H groups in total. The van der Waals surface area contributed by atoms with Gasteiger partial charge in [0, 0.05) is 25.1 Å². The van der Waals surface area contributed by atoms with Gasteiger partial charge in [0.15, 0.2) is 14.9 Å². The zero-order valence-electron chi connectivity index (χ0n) is 11.8. The molecule has 2 aromatic rings. The lowest BCUT2D eigenvalue weighted by Gasteiger charge is -2.11. The Hall–Kier alpha value is -1.94. The van der Waals surface area contributed by atoms with Gasteiger partial charge in [-0.15, -0.1) is 5.10 Å². The molecule has 0 saturated carbocycles. The van der Waals surface area contributed by atoms with Gasteiger partial charge in [0.25, 0.3) is 5.88 Å². The number of hydrogen-bond donors (Lipinski definition) is 1. The van der Waals surface area contributed by atoms with E-state index in [4.69, 9.17) is 22.1 Å². The minimum absolute atomic E-state index is 0.0597. The highest BCUT2D eigenvalue weighted by Crippen LogP contribution is 2.38. The SMILES string of the molecule is Cn1nc(Oc2ccc(C(F)(F)F)c(N)c2)c(Cl)c1S(C)(=O)=O. The quantitative estimate of drug-likeness (QED) is 0.840. The Labute approximate surface area is 134 Å². The maximum absolute atomic E-state index is 12.6. The van der Waals surface area contributed by atoms with Crippen LogP contribution >= 0.6 is 11.6 Å². The number of nitrogens with zero attached hydrogens (tertiary/aromatic N) is 2. The number of aromatic nitrogens is 2. The summed E-state index contributed by atoms with van der Waals surface area (Å²) in [6.45, 7) is 0. The third-order valence-corrected chi connectivity index (χ3v) is 4.43. The van der Waals surface area contributed by atoms with Gasteiger partial charge in [-0.05, 0) is 12.1 Å². The number of anilines is 1. The predicted molar refractivity (Wildman–Crippen MR) is 77.3 cm³/mol. The molecule has 2 rings (SSSR count). The van der Waals surface area contributed by atoms with Gasteiger partial charge in [-0.3, -0.25) is 4.68 Å². The summed E-state index contributed by atoms with van der Waals surface area (Å²) in [4.78, 5) is 0. The largest absolute Gasteiger partial charge is 0.436 e. The van der Waals surface area contributed by atoms with Gasteiger partial charge < -0.3 is 10.5 Å². The molecule has 0 spiro atoms. The molecule has 0 aliphatic heterocycles. The van der Waals surface area contributed by atoms with Crippen molar-refractivity contribution in [1.82, 2.24) is 9.78 Å². The first-order chi connectivity index (χ1) is 10.4. The van der Waals surface area contributed by atoms with Crippen LogP contribution in [-0.4, -0.2) is 24.5 Å². The Balaban J connectivity index is 2.40. The molecule has 6 nitrogen and oxygen atoms in total. The van der Waals surface area contributed by atoms with E-state index in [1.54, 1.807) is 0 Å². The van der Waals surface area contributed by atoms with E-state index in [9.17, 15) is 21.6 Å². The van der Waals surface area contributed by atoms with Crippen molar-refractivity contribution in [2.24, 2.45) is 7.05 Å². The molecule has 0 aliphatic carbocycles. The fraction of sp³-hybridized carbons (Fsp3) is 0.250. The molecule has 23 heavy (non-hydrogen) atoms. The van der Waals surface area contributed by atoms with E-state index in [-0.39, 0.29) is 21.7 Å². The third kappa shape index (κ3) is 3.53. The lowest BCUT2D eigenvalue weighted by atomic mass is 10.1. The van der Waals surface area contributed by atoms with Crippen molar-refractivity contribution in [2.45, 2.75) is 11.2 Å². The number of benzene rings is 1. The van der Waals surface area contributed by atoms with E-state index in [1.165, 1.54) is 7.05 Å². The van der Waals surface area contributed by atoms with Gasteiger partial charge >= 0.3 is 6.18 Å². The van der Waals surface area contributed by atoms with Crippen LogP contribution in [0.4, 0.5) is 18.9 Å². The normalized spacial score (nSPS) is 12.4. The summed E-state index contributed by atoms with van der Waals surface area (Å²) < 4.78 is 67.4. The Morgan fingerprint density at radius 1 is 1.35 bits per heavy atom. The van der Waals surface area contributed by atoms with E-state index in [2.05, 4.69) is 5.10 Å². The van der Waals surface area contributed by atoms with Gasteiger partial charge in [0.1, 0.15) is 10.8 Å². The van der Waals surface area contributed by atoms with Gasteiger partial charge in [0.2, 0.25) is 0 Å². The van der Waals surface area contributed by atoms with Crippen molar-refractivity contribution in [3.63, 3.8) is 0 Å². The second-order valence-corrected chi connectivity index (χ2v) is 6.98. The highest BCUT2D eigenvalue weighted by molar-refractivity contribution is 7.90.